The molecule has 0 bridgehead atoms. The first-order valence-corrected chi connectivity index (χ1v) is 8.27. The van der Waals surface area contributed by atoms with Crippen molar-refractivity contribution in [3.8, 4) is 0 Å². The lowest BCUT2D eigenvalue weighted by Gasteiger charge is -2.25. The molecule has 0 N–H and O–H groups in total. The molecule has 0 spiro atoms. The maximum absolute atomic E-state index is 13.9. The van der Waals surface area contributed by atoms with E-state index in [-0.39, 0.29) is 5.82 Å². The third-order valence-electron chi connectivity index (χ3n) is 3.84. The lowest BCUT2D eigenvalue weighted by Crippen LogP contribution is -2.09. The van der Waals surface area contributed by atoms with Crippen molar-refractivity contribution in [2.75, 3.05) is 0 Å². The van der Waals surface area contributed by atoms with Crippen LogP contribution in [-0.2, 0) is 6.42 Å². The Kier molecular flexibility index (Phi) is 5.31. The van der Waals surface area contributed by atoms with Gasteiger partial charge in [-0.05, 0) is 65.0 Å². The summed E-state index contributed by atoms with van der Waals surface area (Å²) in [6.45, 7) is 2.15. The summed E-state index contributed by atoms with van der Waals surface area (Å²) < 4.78 is 14.5. The topological polar surface area (TPSA) is 0 Å². The van der Waals surface area contributed by atoms with Crippen LogP contribution in [0.2, 0.25) is 5.02 Å². The van der Waals surface area contributed by atoms with Crippen molar-refractivity contribution in [1.29, 1.82) is 0 Å². The molecule has 1 aromatic rings. The van der Waals surface area contributed by atoms with E-state index in [1.165, 1.54) is 43.2 Å². The Balaban J connectivity index is 2.43. The summed E-state index contributed by atoms with van der Waals surface area (Å²) in [5.41, 5.74) is 2.37. The van der Waals surface area contributed by atoms with Crippen LogP contribution in [0.5, 0.6) is 0 Å². The maximum atomic E-state index is 13.9. The lowest BCUT2D eigenvalue weighted by atomic mass is 9.81. The molecule has 0 saturated heterocycles. The third-order valence-corrected chi connectivity index (χ3v) is 5.63. The summed E-state index contributed by atoms with van der Waals surface area (Å²) in [5, 5.41) is 0.651. The number of halogens is 3. The van der Waals surface area contributed by atoms with E-state index in [1.54, 1.807) is 6.07 Å². The molecule has 18 heavy (non-hydrogen) atoms. The fourth-order valence-corrected chi connectivity index (χ4v) is 3.71. The molecule has 100 valence electrons. The minimum atomic E-state index is -0.152. The van der Waals surface area contributed by atoms with Crippen LogP contribution in [0, 0.1) is 9.39 Å². The van der Waals surface area contributed by atoms with E-state index in [0.717, 1.165) is 12.8 Å². The van der Waals surface area contributed by atoms with Crippen LogP contribution >= 0.6 is 34.2 Å². The summed E-state index contributed by atoms with van der Waals surface area (Å²) in [6, 6.07) is 1.74. The van der Waals surface area contributed by atoms with Crippen molar-refractivity contribution < 1.29 is 4.39 Å². The molecule has 2 rings (SSSR count). The van der Waals surface area contributed by atoms with E-state index in [9.17, 15) is 4.39 Å². The zero-order valence-electron chi connectivity index (χ0n) is 10.7. The average Bonchev–Trinajstić information content (AvgIpc) is 2.40. The molecule has 0 heterocycles. The summed E-state index contributed by atoms with van der Waals surface area (Å²) in [4.78, 5) is 0. The third kappa shape index (κ3) is 3.01. The molecule has 1 fully saturated rings. The van der Waals surface area contributed by atoms with Gasteiger partial charge in [-0.25, -0.2) is 4.39 Å². The molecule has 0 aromatic heterocycles. The minimum Gasteiger partial charge on any atom is -0.206 e. The lowest BCUT2D eigenvalue weighted by molar-refractivity contribution is 0.439. The van der Waals surface area contributed by atoms with Gasteiger partial charge >= 0.3 is 0 Å². The number of rotatable bonds is 3. The predicted molar refractivity (Wildman–Crippen MR) is 83.9 cm³/mol. The highest BCUT2D eigenvalue weighted by Crippen LogP contribution is 2.39. The average molecular weight is 381 g/mol. The van der Waals surface area contributed by atoms with Gasteiger partial charge in [-0.2, -0.15) is 0 Å². The zero-order valence-corrected chi connectivity index (χ0v) is 13.7. The van der Waals surface area contributed by atoms with Crippen LogP contribution in [0.15, 0.2) is 6.07 Å². The van der Waals surface area contributed by atoms with Crippen molar-refractivity contribution in [3.05, 3.63) is 31.6 Å². The molecule has 3 heteroatoms. The quantitative estimate of drug-likeness (QED) is 0.440. The van der Waals surface area contributed by atoms with E-state index in [2.05, 4.69) is 6.92 Å². The Labute approximate surface area is 127 Å². The van der Waals surface area contributed by atoms with Crippen LogP contribution in [0.25, 0.3) is 0 Å². The fraction of sp³-hybridized carbons (Fsp3) is 0.600. The Bertz CT molecular complexity index is 425. The minimum absolute atomic E-state index is 0.152. The van der Waals surface area contributed by atoms with Crippen molar-refractivity contribution in [3.63, 3.8) is 0 Å². The first kappa shape index (κ1) is 14.6. The van der Waals surface area contributed by atoms with E-state index in [0.29, 0.717) is 14.5 Å². The second kappa shape index (κ2) is 6.56. The van der Waals surface area contributed by atoms with Gasteiger partial charge in [-0.15, -0.1) is 0 Å². The highest BCUT2D eigenvalue weighted by molar-refractivity contribution is 14.1. The van der Waals surface area contributed by atoms with Gasteiger partial charge in [-0.1, -0.05) is 44.2 Å². The molecule has 0 nitrogen and oxygen atoms in total. The van der Waals surface area contributed by atoms with Gasteiger partial charge in [0.25, 0.3) is 0 Å². The second-order valence-electron chi connectivity index (χ2n) is 5.14. The molecule has 1 aliphatic rings. The zero-order chi connectivity index (χ0) is 13.1. The van der Waals surface area contributed by atoms with Crippen LogP contribution in [0.3, 0.4) is 0 Å². The van der Waals surface area contributed by atoms with Crippen LogP contribution in [0.1, 0.15) is 62.5 Å². The van der Waals surface area contributed by atoms with Gasteiger partial charge in [0.2, 0.25) is 0 Å². The smallest absolute Gasteiger partial charge is 0.138 e. The molecule has 0 amide bonds. The van der Waals surface area contributed by atoms with Crippen LogP contribution in [-0.4, -0.2) is 0 Å². The number of benzene rings is 1. The fourth-order valence-electron chi connectivity index (χ4n) is 2.93. The summed E-state index contributed by atoms with van der Waals surface area (Å²) in [6.07, 6.45) is 8.24. The second-order valence-corrected chi connectivity index (χ2v) is 6.60. The first-order valence-electron chi connectivity index (χ1n) is 6.81. The van der Waals surface area contributed by atoms with E-state index in [1.807, 2.05) is 22.6 Å². The SMILES string of the molecule is CCCc1c(C2CCCCC2)cc(F)c(I)c1Cl. The van der Waals surface area contributed by atoms with E-state index >= 15 is 0 Å². The molecule has 0 unspecified atom stereocenters. The Morgan fingerprint density at radius 3 is 2.61 bits per heavy atom. The largest absolute Gasteiger partial charge is 0.206 e. The van der Waals surface area contributed by atoms with Gasteiger partial charge in [0, 0.05) is 0 Å². The Morgan fingerprint density at radius 2 is 2.00 bits per heavy atom. The Morgan fingerprint density at radius 1 is 1.33 bits per heavy atom. The van der Waals surface area contributed by atoms with Gasteiger partial charge < -0.3 is 0 Å². The van der Waals surface area contributed by atoms with Crippen LogP contribution in [0.4, 0.5) is 4.39 Å². The molecule has 0 aliphatic heterocycles. The van der Waals surface area contributed by atoms with Gasteiger partial charge in [0.05, 0.1) is 8.59 Å². The summed E-state index contributed by atoms with van der Waals surface area (Å²) >= 11 is 8.37. The maximum Gasteiger partial charge on any atom is 0.138 e. The molecule has 0 radical (unpaired) electrons. The first-order chi connectivity index (χ1) is 8.65. The number of hydrogen-bond donors (Lipinski definition) is 0. The monoisotopic (exact) mass is 380 g/mol. The van der Waals surface area contributed by atoms with Gasteiger partial charge in [0.1, 0.15) is 5.82 Å². The van der Waals surface area contributed by atoms with Gasteiger partial charge in [-0.3, -0.25) is 0 Å². The standard InChI is InChI=1S/C15H19ClFI/c1-2-6-11-12(10-7-4-3-5-8-10)9-13(17)15(18)14(11)16/h9-10H,2-8H2,1H3. The van der Waals surface area contributed by atoms with Crippen LogP contribution < -0.4 is 0 Å². The molecular weight excluding hydrogens is 362 g/mol. The summed E-state index contributed by atoms with van der Waals surface area (Å²) in [7, 11) is 0. The normalized spacial score (nSPS) is 17.1. The molecular formula is C15H19ClFI. The van der Waals surface area contributed by atoms with Gasteiger partial charge in [0.15, 0.2) is 0 Å². The molecule has 1 aromatic carbocycles. The molecule has 0 atom stereocenters. The van der Waals surface area contributed by atoms with E-state index < -0.39 is 0 Å². The van der Waals surface area contributed by atoms with Crippen molar-refractivity contribution >= 4 is 34.2 Å². The van der Waals surface area contributed by atoms with E-state index in [4.69, 9.17) is 11.6 Å². The highest BCUT2D eigenvalue weighted by Gasteiger charge is 2.22. The molecule has 1 aliphatic carbocycles. The van der Waals surface area contributed by atoms with Crippen molar-refractivity contribution in [2.24, 2.45) is 0 Å². The molecule has 1 saturated carbocycles. The van der Waals surface area contributed by atoms with Crippen molar-refractivity contribution in [1.82, 2.24) is 0 Å². The number of hydrogen-bond acceptors (Lipinski definition) is 0. The van der Waals surface area contributed by atoms with Crippen molar-refractivity contribution in [2.45, 2.75) is 57.8 Å². The summed E-state index contributed by atoms with van der Waals surface area (Å²) in [5.74, 6) is 0.366. The highest BCUT2D eigenvalue weighted by atomic mass is 127. The Hall–Kier alpha value is 0.170. The predicted octanol–water partition coefficient (Wildman–Crippen LogP) is 6.08.